The average molecular weight is 314 g/mol. The van der Waals surface area contributed by atoms with Crippen LogP contribution < -0.4 is 9.64 Å². The van der Waals surface area contributed by atoms with Gasteiger partial charge >= 0.3 is 0 Å². The van der Waals surface area contributed by atoms with Crippen molar-refractivity contribution in [3.8, 4) is 5.75 Å². The van der Waals surface area contributed by atoms with Crippen LogP contribution in [0.1, 0.15) is 30.1 Å². The lowest BCUT2D eigenvalue weighted by molar-refractivity contribution is 0.414. The maximum atomic E-state index is 5.25. The zero-order valence-electron chi connectivity index (χ0n) is 12.7. The number of aromatic nitrogens is 3. The van der Waals surface area contributed by atoms with Gasteiger partial charge in [0.05, 0.1) is 25.0 Å². The Morgan fingerprint density at radius 2 is 2.09 bits per heavy atom. The summed E-state index contributed by atoms with van der Waals surface area (Å²) in [7, 11) is 1.70. The predicted octanol–water partition coefficient (Wildman–Crippen LogP) is 3.45. The van der Waals surface area contributed by atoms with Crippen molar-refractivity contribution in [2.75, 3.05) is 18.6 Å². The Bertz CT molecular complexity index is 761. The van der Waals surface area contributed by atoms with Crippen LogP contribution in [0.2, 0.25) is 0 Å². The van der Waals surface area contributed by atoms with Gasteiger partial charge in [-0.05, 0) is 37.5 Å². The van der Waals surface area contributed by atoms with E-state index >= 15 is 0 Å². The number of aryl methyl sites for hydroxylation is 1. The fourth-order valence-electron chi connectivity index (χ4n) is 3.08. The van der Waals surface area contributed by atoms with E-state index < -0.39 is 0 Å². The quantitative estimate of drug-likeness (QED) is 0.742. The number of ether oxygens (including phenoxy) is 1. The highest BCUT2D eigenvalue weighted by molar-refractivity contribution is 7.20. The van der Waals surface area contributed by atoms with Gasteiger partial charge in [-0.1, -0.05) is 23.5 Å². The Labute approximate surface area is 133 Å². The van der Waals surface area contributed by atoms with Crippen LogP contribution in [-0.4, -0.2) is 28.3 Å². The molecule has 0 saturated carbocycles. The molecule has 4 rings (SSSR count). The molecule has 0 aliphatic carbocycles. The summed E-state index contributed by atoms with van der Waals surface area (Å²) in [5, 5.41) is 5.76. The molecule has 6 heteroatoms. The summed E-state index contributed by atoms with van der Waals surface area (Å²) in [5.74, 6) is 0.900. The fraction of sp³-hybridized carbons (Fsp3) is 0.375. The van der Waals surface area contributed by atoms with Crippen LogP contribution in [-0.2, 0) is 0 Å². The highest BCUT2D eigenvalue weighted by atomic mass is 32.1. The molecule has 114 valence electrons. The number of rotatable bonds is 3. The van der Waals surface area contributed by atoms with Crippen LogP contribution >= 0.6 is 11.3 Å². The minimum atomic E-state index is 0.392. The number of hydrogen-bond donors (Lipinski definition) is 0. The molecule has 1 fully saturated rings. The molecule has 0 radical (unpaired) electrons. The Kier molecular flexibility index (Phi) is 3.26. The van der Waals surface area contributed by atoms with Crippen molar-refractivity contribution in [2.24, 2.45) is 0 Å². The van der Waals surface area contributed by atoms with E-state index in [2.05, 4.69) is 22.0 Å². The van der Waals surface area contributed by atoms with E-state index in [9.17, 15) is 0 Å². The number of imidazole rings is 1. The van der Waals surface area contributed by atoms with Crippen molar-refractivity contribution in [3.63, 3.8) is 0 Å². The molecule has 0 amide bonds. The molecule has 1 atom stereocenters. The fourth-order valence-corrected chi connectivity index (χ4v) is 4.09. The zero-order chi connectivity index (χ0) is 15.1. The Balaban J connectivity index is 1.65. The highest BCUT2D eigenvalue weighted by Gasteiger charge is 2.28. The van der Waals surface area contributed by atoms with Crippen LogP contribution in [0.5, 0.6) is 5.75 Å². The molecule has 0 spiro atoms. The largest absolute Gasteiger partial charge is 0.497 e. The third-order valence-corrected chi connectivity index (χ3v) is 5.11. The minimum Gasteiger partial charge on any atom is -0.497 e. The van der Waals surface area contributed by atoms with Crippen LogP contribution in [0.15, 0.2) is 30.5 Å². The SMILES string of the molecule is COc1ccc(C2CCCN2c2nn3cc(C)nc3s2)cc1. The first kappa shape index (κ1) is 13.6. The van der Waals surface area contributed by atoms with Crippen molar-refractivity contribution in [1.82, 2.24) is 14.6 Å². The topological polar surface area (TPSA) is 42.7 Å². The molecule has 3 aromatic rings. The number of anilines is 1. The van der Waals surface area contributed by atoms with E-state index in [-0.39, 0.29) is 0 Å². The van der Waals surface area contributed by atoms with E-state index in [1.165, 1.54) is 12.0 Å². The number of fused-ring (bicyclic) bond motifs is 1. The third kappa shape index (κ3) is 2.23. The monoisotopic (exact) mass is 314 g/mol. The van der Waals surface area contributed by atoms with Crippen LogP contribution in [0, 0.1) is 6.92 Å². The molecular formula is C16H18N4OS. The standard InChI is InChI=1S/C16H18N4OS/c1-11-10-20-15(17-11)22-16(18-20)19-9-3-4-14(19)12-5-7-13(21-2)8-6-12/h5-8,10,14H,3-4,9H2,1-2H3. The van der Waals surface area contributed by atoms with E-state index in [4.69, 9.17) is 9.84 Å². The van der Waals surface area contributed by atoms with Gasteiger partial charge in [0.2, 0.25) is 10.1 Å². The summed E-state index contributed by atoms with van der Waals surface area (Å²) in [5.41, 5.74) is 2.33. The maximum Gasteiger partial charge on any atom is 0.214 e. The Morgan fingerprint density at radius 3 is 2.82 bits per heavy atom. The molecule has 3 heterocycles. The summed E-state index contributed by atoms with van der Waals surface area (Å²) in [4.78, 5) is 7.87. The first-order chi connectivity index (χ1) is 10.7. The van der Waals surface area contributed by atoms with Crippen LogP contribution in [0.4, 0.5) is 5.13 Å². The smallest absolute Gasteiger partial charge is 0.214 e. The molecule has 1 aliphatic rings. The van der Waals surface area contributed by atoms with Crippen LogP contribution in [0.3, 0.4) is 0 Å². The molecule has 22 heavy (non-hydrogen) atoms. The molecule has 1 aromatic carbocycles. The molecule has 1 unspecified atom stereocenters. The summed E-state index contributed by atoms with van der Waals surface area (Å²) in [6.07, 6.45) is 4.33. The normalized spacial score (nSPS) is 18.3. The zero-order valence-corrected chi connectivity index (χ0v) is 13.5. The van der Waals surface area contributed by atoms with Gasteiger partial charge in [0.15, 0.2) is 0 Å². The number of hydrogen-bond acceptors (Lipinski definition) is 5. The summed E-state index contributed by atoms with van der Waals surface area (Å²) in [6, 6.07) is 8.77. The molecule has 2 aromatic heterocycles. The van der Waals surface area contributed by atoms with E-state index in [0.717, 1.165) is 34.5 Å². The van der Waals surface area contributed by atoms with Crippen LogP contribution in [0.25, 0.3) is 4.96 Å². The molecule has 0 N–H and O–H groups in total. The summed E-state index contributed by atoms with van der Waals surface area (Å²) in [6.45, 7) is 3.05. The van der Waals surface area contributed by atoms with Gasteiger partial charge in [-0.3, -0.25) is 0 Å². The molecule has 1 saturated heterocycles. The second kappa shape index (κ2) is 5.28. The van der Waals surface area contributed by atoms with Gasteiger partial charge in [0.25, 0.3) is 0 Å². The van der Waals surface area contributed by atoms with Crippen molar-refractivity contribution < 1.29 is 4.74 Å². The maximum absolute atomic E-state index is 5.25. The number of methoxy groups -OCH3 is 1. The van der Waals surface area contributed by atoms with Gasteiger partial charge in [-0.25, -0.2) is 9.50 Å². The van der Waals surface area contributed by atoms with Crippen molar-refractivity contribution in [2.45, 2.75) is 25.8 Å². The van der Waals surface area contributed by atoms with E-state index in [1.54, 1.807) is 18.4 Å². The average Bonchev–Trinajstić information content (AvgIpc) is 3.20. The summed E-state index contributed by atoms with van der Waals surface area (Å²) >= 11 is 1.66. The first-order valence-electron chi connectivity index (χ1n) is 7.48. The first-order valence-corrected chi connectivity index (χ1v) is 8.29. The molecular weight excluding hydrogens is 296 g/mol. The van der Waals surface area contributed by atoms with E-state index in [0.29, 0.717) is 6.04 Å². The lowest BCUT2D eigenvalue weighted by Gasteiger charge is -2.24. The van der Waals surface area contributed by atoms with E-state index in [1.807, 2.05) is 29.8 Å². The number of benzene rings is 1. The highest BCUT2D eigenvalue weighted by Crippen LogP contribution is 2.38. The molecule has 0 bridgehead atoms. The molecule has 1 aliphatic heterocycles. The minimum absolute atomic E-state index is 0.392. The van der Waals surface area contributed by atoms with Crippen molar-refractivity contribution >= 4 is 21.4 Å². The second-order valence-corrected chi connectivity index (χ2v) is 6.55. The Hall–Kier alpha value is -2.08. The van der Waals surface area contributed by atoms with Gasteiger partial charge in [-0.15, -0.1) is 5.10 Å². The van der Waals surface area contributed by atoms with Crippen molar-refractivity contribution in [1.29, 1.82) is 0 Å². The number of nitrogens with zero attached hydrogens (tertiary/aromatic N) is 4. The van der Waals surface area contributed by atoms with Gasteiger partial charge in [0, 0.05) is 6.54 Å². The van der Waals surface area contributed by atoms with Gasteiger partial charge in [0.1, 0.15) is 5.75 Å². The second-order valence-electron chi connectivity index (χ2n) is 5.62. The predicted molar refractivity (Wildman–Crippen MR) is 87.9 cm³/mol. The van der Waals surface area contributed by atoms with Crippen molar-refractivity contribution in [3.05, 3.63) is 41.7 Å². The Morgan fingerprint density at radius 1 is 1.27 bits per heavy atom. The van der Waals surface area contributed by atoms with Gasteiger partial charge in [-0.2, -0.15) is 0 Å². The summed E-state index contributed by atoms with van der Waals surface area (Å²) < 4.78 is 7.14. The molecule has 5 nitrogen and oxygen atoms in total. The lowest BCUT2D eigenvalue weighted by Crippen LogP contribution is -2.22. The lowest BCUT2D eigenvalue weighted by atomic mass is 10.0. The third-order valence-electron chi connectivity index (χ3n) is 4.15. The van der Waals surface area contributed by atoms with Gasteiger partial charge < -0.3 is 9.64 Å².